The first-order valence-electron chi connectivity index (χ1n) is 6.62. The Morgan fingerprint density at radius 3 is 2.89 bits per heavy atom. The summed E-state index contributed by atoms with van der Waals surface area (Å²) >= 11 is 2.07. The SMILES string of the molecule is CCC1CN(CC(C#N)c2ccccc2)CCS1. The van der Waals surface area contributed by atoms with Gasteiger partial charge in [0.2, 0.25) is 0 Å². The van der Waals surface area contributed by atoms with E-state index in [2.05, 4.69) is 41.8 Å². The zero-order valence-electron chi connectivity index (χ0n) is 10.9. The fourth-order valence-electron chi connectivity index (χ4n) is 2.36. The van der Waals surface area contributed by atoms with E-state index in [1.54, 1.807) is 0 Å². The number of rotatable bonds is 4. The molecule has 1 heterocycles. The first kappa shape index (κ1) is 13.5. The van der Waals surface area contributed by atoms with Gasteiger partial charge in [0, 0.05) is 30.6 Å². The van der Waals surface area contributed by atoms with E-state index in [1.807, 2.05) is 18.2 Å². The summed E-state index contributed by atoms with van der Waals surface area (Å²) in [6.07, 6.45) is 1.23. The molecule has 96 valence electrons. The van der Waals surface area contributed by atoms with E-state index in [1.165, 1.54) is 12.2 Å². The van der Waals surface area contributed by atoms with Crippen LogP contribution in [0.2, 0.25) is 0 Å². The summed E-state index contributed by atoms with van der Waals surface area (Å²) in [7, 11) is 0. The molecule has 1 fully saturated rings. The van der Waals surface area contributed by atoms with Gasteiger partial charge in [0.1, 0.15) is 0 Å². The Labute approximate surface area is 114 Å². The van der Waals surface area contributed by atoms with E-state index in [9.17, 15) is 5.26 Å². The molecule has 0 N–H and O–H groups in total. The molecule has 18 heavy (non-hydrogen) atoms. The Morgan fingerprint density at radius 1 is 1.44 bits per heavy atom. The largest absolute Gasteiger partial charge is 0.300 e. The summed E-state index contributed by atoms with van der Waals surface area (Å²) in [6.45, 7) is 5.37. The molecule has 3 heteroatoms. The van der Waals surface area contributed by atoms with Crippen LogP contribution >= 0.6 is 11.8 Å². The zero-order chi connectivity index (χ0) is 12.8. The highest BCUT2D eigenvalue weighted by molar-refractivity contribution is 8.00. The maximum atomic E-state index is 9.35. The first-order chi connectivity index (χ1) is 8.83. The monoisotopic (exact) mass is 260 g/mol. The van der Waals surface area contributed by atoms with Gasteiger partial charge in [-0.05, 0) is 12.0 Å². The molecule has 1 saturated heterocycles. The second-order valence-corrected chi connectivity index (χ2v) is 6.16. The van der Waals surface area contributed by atoms with Gasteiger partial charge < -0.3 is 0 Å². The van der Waals surface area contributed by atoms with Crippen molar-refractivity contribution in [3.63, 3.8) is 0 Å². The van der Waals surface area contributed by atoms with Crippen LogP contribution in [0.5, 0.6) is 0 Å². The fourth-order valence-corrected chi connectivity index (χ4v) is 3.61. The number of hydrogen-bond acceptors (Lipinski definition) is 3. The van der Waals surface area contributed by atoms with Crippen molar-refractivity contribution in [1.82, 2.24) is 4.90 Å². The highest BCUT2D eigenvalue weighted by Crippen LogP contribution is 2.24. The van der Waals surface area contributed by atoms with Crippen LogP contribution < -0.4 is 0 Å². The van der Waals surface area contributed by atoms with E-state index in [4.69, 9.17) is 0 Å². The molecule has 1 aliphatic rings. The molecule has 2 nitrogen and oxygen atoms in total. The third-order valence-electron chi connectivity index (χ3n) is 3.48. The smallest absolute Gasteiger partial charge is 0.0839 e. The highest BCUT2D eigenvalue weighted by atomic mass is 32.2. The van der Waals surface area contributed by atoms with Crippen molar-refractivity contribution in [2.24, 2.45) is 0 Å². The lowest BCUT2D eigenvalue weighted by Gasteiger charge is -2.33. The Hall–Kier alpha value is -0.980. The van der Waals surface area contributed by atoms with Gasteiger partial charge in [0.15, 0.2) is 0 Å². The average molecular weight is 260 g/mol. The Kier molecular flexibility index (Phi) is 5.10. The van der Waals surface area contributed by atoms with Crippen molar-refractivity contribution < 1.29 is 0 Å². The lowest BCUT2D eigenvalue weighted by Crippen LogP contribution is -2.39. The lowest BCUT2D eigenvalue weighted by atomic mass is 10.00. The number of thioether (sulfide) groups is 1. The summed E-state index contributed by atoms with van der Waals surface area (Å²) in [4.78, 5) is 2.45. The van der Waals surface area contributed by atoms with Crippen LogP contribution in [0.4, 0.5) is 0 Å². The minimum absolute atomic E-state index is 0.00630. The van der Waals surface area contributed by atoms with E-state index in [-0.39, 0.29) is 5.92 Å². The third-order valence-corrected chi connectivity index (χ3v) is 4.85. The summed E-state index contributed by atoms with van der Waals surface area (Å²) in [5, 5.41) is 10.1. The molecule has 0 amide bonds. The molecule has 0 aliphatic carbocycles. The van der Waals surface area contributed by atoms with Crippen molar-refractivity contribution >= 4 is 11.8 Å². The van der Waals surface area contributed by atoms with Gasteiger partial charge in [-0.3, -0.25) is 4.90 Å². The van der Waals surface area contributed by atoms with E-state index in [0.29, 0.717) is 0 Å². The van der Waals surface area contributed by atoms with Crippen LogP contribution in [-0.4, -0.2) is 35.5 Å². The fraction of sp³-hybridized carbons (Fsp3) is 0.533. The van der Waals surface area contributed by atoms with Crippen LogP contribution in [0.25, 0.3) is 0 Å². The van der Waals surface area contributed by atoms with Crippen molar-refractivity contribution in [3.05, 3.63) is 35.9 Å². The molecule has 2 rings (SSSR count). The maximum Gasteiger partial charge on any atom is 0.0839 e. The number of nitrogens with zero attached hydrogens (tertiary/aromatic N) is 2. The molecule has 0 saturated carbocycles. The Balaban J connectivity index is 1.97. The van der Waals surface area contributed by atoms with Gasteiger partial charge in [0.25, 0.3) is 0 Å². The van der Waals surface area contributed by atoms with Crippen LogP contribution in [0, 0.1) is 11.3 Å². The molecule has 2 atom stereocenters. The Bertz CT molecular complexity index is 399. The van der Waals surface area contributed by atoms with Crippen molar-refractivity contribution in [2.45, 2.75) is 24.5 Å². The molecule has 1 aromatic rings. The van der Waals surface area contributed by atoms with E-state index in [0.717, 1.165) is 30.4 Å². The average Bonchev–Trinajstić information content (AvgIpc) is 2.46. The molecule has 0 spiro atoms. The van der Waals surface area contributed by atoms with Gasteiger partial charge >= 0.3 is 0 Å². The maximum absolute atomic E-state index is 9.35. The molecular formula is C15H20N2S. The summed E-state index contributed by atoms with van der Waals surface area (Å²) < 4.78 is 0. The van der Waals surface area contributed by atoms with E-state index < -0.39 is 0 Å². The van der Waals surface area contributed by atoms with Gasteiger partial charge in [-0.25, -0.2) is 0 Å². The topological polar surface area (TPSA) is 27.0 Å². The molecule has 0 bridgehead atoms. The lowest BCUT2D eigenvalue weighted by molar-refractivity contribution is 0.276. The second kappa shape index (κ2) is 6.82. The van der Waals surface area contributed by atoms with Gasteiger partial charge in [0.05, 0.1) is 12.0 Å². The quantitative estimate of drug-likeness (QED) is 0.832. The molecule has 0 radical (unpaired) electrons. The molecule has 0 aromatic heterocycles. The predicted octanol–water partition coefficient (Wildman–Crippen LogP) is 3.12. The van der Waals surface area contributed by atoms with Crippen LogP contribution in [0.3, 0.4) is 0 Å². The molecule has 1 aliphatic heterocycles. The summed E-state index contributed by atoms with van der Waals surface area (Å²) in [5.74, 6) is 1.21. The van der Waals surface area contributed by atoms with Crippen LogP contribution in [-0.2, 0) is 0 Å². The van der Waals surface area contributed by atoms with Gasteiger partial charge in [-0.1, -0.05) is 37.3 Å². The highest BCUT2D eigenvalue weighted by Gasteiger charge is 2.22. The normalized spacial score (nSPS) is 22.3. The first-order valence-corrected chi connectivity index (χ1v) is 7.67. The van der Waals surface area contributed by atoms with Crippen molar-refractivity contribution in [3.8, 4) is 6.07 Å². The van der Waals surface area contributed by atoms with E-state index >= 15 is 0 Å². The molecular weight excluding hydrogens is 240 g/mol. The standard InChI is InChI=1S/C15H20N2S/c1-2-15-12-17(8-9-18-15)11-14(10-16)13-6-4-3-5-7-13/h3-7,14-15H,2,8-9,11-12H2,1H3. The molecule has 1 aromatic carbocycles. The van der Waals surface area contributed by atoms with Crippen molar-refractivity contribution in [1.29, 1.82) is 5.26 Å². The number of nitriles is 1. The zero-order valence-corrected chi connectivity index (χ0v) is 11.7. The Morgan fingerprint density at radius 2 is 2.22 bits per heavy atom. The third kappa shape index (κ3) is 3.51. The van der Waals surface area contributed by atoms with Gasteiger partial charge in [-0.2, -0.15) is 17.0 Å². The predicted molar refractivity (Wildman–Crippen MR) is 77.8 cm³/mol. The summed E-state index contributed by atoms with van der Waals surface area (Å²) in [6, 6.07) is 12.6. The molecule has 2 unspecified atom stereocenters. The minimum Gasteiger partial charge on any atom is -0.300 e. The van der Waals surface area contributed by atoms with Crippen LogP contribution in [0.1, 0.15) is 24.8 Å². The van der Waals surface area contributed by atoms with Gasteiger partial charge in [-0.15, -0.1) is 0 Å². The van der Waals surface area contributed by atoms with Crippen molar-refractivity contribution in [2.75, 3.05) is 25.4 Å². The van der Waals surface area contributed by atoms with Crippen LogP contribution in [0.15, 0.2) is 30.3 Å². The summed E-state index contributed by atoms with van der Waals surface area (Å²) in [5.41, 5.74) is 1.14. The second-order valence-electron chi connectivity index (χ2n) is 4.75. The number of benzene rings is 1. The minimum atomic E-state index is 0.00630. The number of hydrogen-bond donors (Lipinski definition) is 0.